The smallest absolute Gasteiger partial charge is 0.253 e. The highest BCUT2D eigenvalue weighted by atomic mass is 79.9. The molecule has 0 saturated heterocycles. The normalized spacial score (nSPS) is 10.4. The number of hydrogen-bond donors (Lipinski definition) is 0. The third-order valence-electron chi connectivity index (χ3n) is 2.82. The van der Waals surface area contributed by atoms with Gasteiger partial charge >= 0.3 is 0 Å². The van der Waals surface area contributed by atoms with Crippen molar-refractivity contribution in [2.45, 2.75) is 6.54 Å². The Morgan fingerprint density at radius 1 is 1.30 bits per heavy atom. The molecule has 104 valence electrons. The van der Waals surface area contributed by atoms with Crippen LogP contribution in [0.15, 0.2) is 46.9 Å². The second kappa shape index (κ2) is 6.37. The first kappa shape index (κ1) is 15.0. The Hall–Kier alpha value is -1.39. The summed E-state index contributed by atoms with van der Waals surface area (Å²) in [7, 11) is 1.63. The Bertz CT molecular complexity index is 627. The van der Waals surface area contributed by atoms with Crippen molar-refractivity contribution in [1.82, 2.24) is 4.90 Å². The van der Waals surface area contributed by atoms with Gasteiger partial charge < -0.3 is 4.90 Å². The molecule has 0 aliphatic carbocycles. The van der Waals surface area contributed by atoms with Crippen molar-refractivity contribution in [3.05, 3.63) is 68.9 Å². The molecule has 0 fully saturated rings. The number of nitrogens with zero attached hydrogens (tertiary/aromatic N) is 1. The number of carbonyl (C=O) groups excluding carboxylic acids is 1. The first-order valence-corrected chi connectivity index (χ1v) is 7.09. The Morgan fingerprint density at radius 2 is 2.00 bits per heavy atom. The van der Waals surface area contributed by atoms with Crippen molar-refractivity contribution in [2.75, 3.05) is 7.05 Å². The molecule has 1 amide bonds. The molecule has 2 aromatic rings. The second-order valence-electron chi connectivity index (χ2n) is 4.41. The molecule has 5 heteroatoms. The lowest BCUT2D eigenvalue weighted by Gasteiger charge is -2.18. The second-order valence-corrected chi connectivity index (χ2v) is 5.76. The van der Waals surface area contributed by atoms with Crippen molar-refractivity contribution in [1.29, 1.82) is 0 Å². The van der Waals surface area contributed by atoms with Gasteiger partial charge in [-0.15, -0.1) is 0 Å². The predicted octanol–water partition coefficient (Wildman–Crippen LogP) is 4.51. The van der Waals surface area contributed by atoms with Crippen LogP contribution in [0.2, 0.25) is 5.02 Å². The number of benzene rings is 2. The van der Waals surface area contributed by atoms with Crippen LogP contribution in [0.4, 0.5) is 4.39 Å². The maximum atomic E-state index is 13.6. The topological polar surface area (TPSA) is 20.3 Å². The van der Waals surface area contributed by atoms with Crippen LogP contribution >= 0.6 is 27.5 Å². The lowest BCUT2D eigenvalue weighted by molar-refractivity contribution is 0.0784. The molecule has 20 heavy (non-hydrogen) atoms. The van der Waals surface area contributed by atoms with E-state index < -0.39 is 0 Å². The molecule has 0 spiro atoms. The molecule has 0 aliphatic heterocycles. The zero-order chi connectivity index (χ0) is 14.7. The third-order valence-corrected chi connectivity index (χ3v) is 3.50. The molecule has 0 saturated carbocycles. The summed E-state index contributed by atoms with van der Waals surface area (Å²) in [6.07, 6.45) is 0. The fourth-order valence-corrected chi connectivity index (χ4v) is 2.71. The largest absolute Gasteiger partial charge is 0.337 e. The molecule has 0 unspecified atom stereocenters. The molecular formula is C15H12BrClFNO. The molecule has 2 nitrogen and oxygen atoms in total. The minimum Gasteiger partial charge on any atom is -0.337 e. The summed E-state index contributed by atoms with van der Waals surface area (Å²) in [6, 6.07) is 11.4. The standard InChI is InChI=1S/C15H12BrClFNO/c1-19(9-10-4-2-3-5-14(10)18)15(20)11-6-12(16)8-13(17)7-11/h2-8H,9H2,1H3. The Morgan fingerprint density at radius 3 is 2.65 bits per heavy atom. The molecule has 0 bridgehead atoms. The van der Waals surface area contributed by atoms with Crippen LogP contribution in [0.1, 0.15) is 15.9 Å². The van der Waals surface area contributed by atoms with Gasteiger partial charge in [-0.2, -0.15) is 0 Å². The first-order valence-electron chi connectivity index (χ1n) is 5.92. The fraction of sp³-hybridized carbons (Fsp3) is 0.133. The molecule has 2 rings (SSSR count). The van der Waals surface area contributed by atoms with Crippen LogP contribution < -0.4 is 0 Å². The third kappa shape index (κ3) is 3.58. The van der Waals surface area contributed by atoms with Crippen LogP contribution in [0, 0.1) is 5.82 Å². The fourth-order valence-electron chi connectivity index (χ4n) is 1.85. The molecule has 0 aliphatic rings. The molecule has 0 N–H and O–H groups in total. The van der Waals surface area contributed by atoms with E-state index in [9.17, 15) is 9.18 Å². The minimum atomic E-state index is -0.320. The van der Waals surface area contributed by atoms with Gasteiger partial charge in [0.05, 0.1) is 0 Å². The summed E-state index contributed by atoms with van der Waals surface area (Å²) in [6.45, 7) is 0.204. The number of hydrogen-bond acceptors (Lipinski definition) is 1. The zero-order valence-corrected chi connectivity index (χ0v) is 13.1. The maximum absolute atomic E-state index is 13.6. The van der Waals surface area contributed by atoms with Crippen molar-refractivity contribution < 1.29 is 9.18 Å². The van der Waals surface area contributed by atoms with Gasteiger partial charge in [-0.3, -0.25) is 4.79 Å². The van der Waals surface area contributed by atoms with Crippen LogP contribution in [-0.2, 0) is 6.54 Å². The van der Waals surface area contributed by atoms with Gasteiger partial charge in [-0.05, 0) is 24.3 Å². The van der Waals surface area contributed by atoms with Gasteiger partial charge in [-0.25, -0.2) is 4.39 Å². The van der Waals surface area contributed by atoms with E-state index in [2.05, 4.69) is 15.9 Å². The lowest BCUT2D eigenvalue weighted by atomic mass is 10.1. The van der Waals surface area contributed by atoms with Gasteiger partial charge in [0.15, 0.2) is 0 Å². The van der Waals surface area contributed by atoms with E-state index in [1.807, 2.05) is 0 Å². The van der Waals surface area contributed by atoms with Gasteiger partial charge in [0, 0.05) is 34.2 Å². The number of rotatable bonds is 3. The zero-order valence-electron chi connectivity index (χ0n) is 10.7. The van der Waals surface area contributed by atoms with E-state index in [4.69, 9.17) is 11.6 Å². The van der Waals surface area contributed by atoms with Crippen LogP contribution in [-0.4, -0.2) is 17.9 Å². The lowest BCUT2D eigenvalue weighted by Crippen LogP contribution is -2.26. The van der Waals surface area contributed by atoms with Gasteiger partial charge in [-0.1, -0.05) is 45.7 Å². The van der Waals surface area contributed by atoms with Crippen molar-refractivity contribution >= 4 is 33.4 Å². The summed E-state index contributed by atoms with van der Waals surface area (Å²) in [5.41, 5.74) is 0.938. The van der Waals surface area contributed by atoms with E-state index in [1.54, 1.807) is 43.4 Å². The first-order chi connectivity index (χ1) is 9.47. The summed E-state index contributed by atoms with van der Waals surface area (Å²) in [4.78, 5) is 13.7. The van der Waals surface area contributed by atoms with E-state index in [0.717, 1.165) is 4.47 Å². The van der Waals surface area contributed by atoms with E-state index in [0.29, 0.717) is 16.1 Å². The summed E-state index contributed by atoms with van der Waals surface area (Å²) in [5.74, 6) is -0.532. The predicted molar refractivity (Wildman–Crippen MR) is 81.3 cm³/mol. The highest BCUT2D eigenvalue weighted by Crippen LogP contribution is 2.21. The monoisotopic (exact) mass is 355 g/mol. The Kier molecular flexibility index (Phi) is 4.78. The number of carbonyl (C=O) groups is 1. The molecule has 0 aromatic heterocycles. The Balaban J connectivity index is 2.18. The van der Waals surface area contributed by atoms with Crippen LogP contribution in [0.25, 0.3) is 0 Å². The number of halogens is 3. The van der Waals surface area contributed by atoms with E-state index in [1.165, 1.54) is 11.0 Å². The van der Waals surface area contributed by atoms with Crippen LogP contribution in [0.5, 0.6) is 0 Å². The molecular weight excluding hydrogens is 345 g/mol. The average Bonchev–Trinajstić information content (AvgIpc) is 2.39. The van der Waals surface area contributed by atoms with Crippen LogP contribution in [0.3, 0.4) is 0 Å². The summed E-state index contributed by atoms with van der Waals surface area (Å²) < 4.78 is 14.3. The highest BCUT2D eigenvalue weighted by molar-refractivity contribution is 9.10. The molecule has 2 aromatic carbocycles. The summed E-state index contributed by atoms with van der Waals surface area (Å²) in [5, 5.41) is 0.474. The molecule has 0 heterocycles. The SMILES string of the molecule is CN(Cc1ccccc1F)C(=O)c1cc(Cl)cc(Br)c1. The van der Waals surface area contributed by atoms with Gasteiger partial charge in [0.2, 0.25) is 0 Å². The minimum absolute atomic E-state index is 0.204. The maximum Gasteiger partial charge on any atom is 0.253 e. The number of amides is 1. The van der Waals surface area contributed by atoms with E-state index >= 15 is 0 Å². The average molecular weight is 357 g/mol. The summed E-state index contributed by atoms with van der Waals surface area (Å²) >= 11 is 9.22. The molecule has 0 atom stereocenters. The Labute approximate surface area is 130 Å². The van der Waals surface area contributed by atoms with Crippen molar-refractivity contribution in [3.63, 3.8) is 0 Å². The van der Waals surface area contributed by atoms with E-state index in [-0.39, 0.29) is 18.3 Å². The van der Waals surface area contributed by atoms with Crippen molar-refractivity contribution in [3.8, 4) is 0 Å². The quantitative estimate of drug-likeness (QED) is 0.792. The van der Waals surface area contributed by atoms with Gasteiger partial charge in [0.25, 0.3) is 5.91 Å². The van der Waals surface area contributed by atoms with Crippen molar-refractivity contribution in [2.24, 2.45) is 0 Å². The van der Waals surface area contributed by atoms with Gasteiger partial charge in [0.1, 0.15) is 5.82 Å². The molecule has 0 radical (unpaired) electrons. The highest BCUT2D eigenvalue weighted by Gasteiger charge is 2.14.